The minimum Gasteiger partial charge on any atom is -0.493 e. The van der Waals surface area contributed by atoms with Crippen LogP contribution in [0.4, 0.5) is 0 Å². The molecule has 0 fully saturated rings. The van der Waals surface area contributed by atoms with Gasteiger partial charge in [0.2, 0.25) is 5.88 Å². The van der Waals surface area contributed by atoms with Crippen LogP contribution in [-0.4, -0.2) is 32.9 Å². The molecule has 0 radical (unpaired) electrons. The molecular weight excluding hydrogens is 424 g/mol. The molecule has 1 unspecified atom stereocenters. The number of ether oxygens (including phenoxy) is 5. The van der Waals surface area contributed by atoms with Gasteiger partial charge in [0.15, 0.2) is 11.5 Å². The molecule has 2 aromatic rings. The molecule has 0 spiro atoms. The molecular formula is C25H26N2O6. The van der Waals surface area contributed by atoms with E-state index in [1.807, 2.05) is 24.3 Å². The summed E-state index contributed by atoms with van der Waals surface area (Å²) in [4.78, 5) is 12.6. The molecule has 8 nitrogen and oxygen atoms in total. The lowest BCUT2D eigenvalue weighted by molar-refractivity contribution is -0.139. The zero-order valence-electron chi connectivity index (χ0n) is 18.8. The van der Waals surface area contributed by atoms with Gasteiger partial charge < -0.3 is 29.4 Å². The average Bonchev–Trinajstić information content (AvgIpc) is 2.82. The molecule has 0 aliphatic carbocycles. The number of carbonyl (C=O) groups excluding carboxylic acids is 1. The van der Waals surface area contributed by atoms with E-state index in [9.17, 15) is 10.1 Å². The third-order valence-corrected chi connectivity index (χ3v) is 4.99. The van der Waals surface area contributed by atoms with Crippen LogP contribution in [-0.2, 0) is 14.3 Å². The third kappa shape index (κ3) is 5.39. The van der Waals surface area contributed by atoms with E-state index >= 15 is 0 Å². The molecule has 1 aliphatic heterocycles. The molecule has 2 aromatic carbocycles. The number of carbonyl (C=O) groups is 1. The maximum absolute atomic E-state index is 12.6. The first kappa shape index (κ1) is 23.5. The van der Waals surface area contributed by atoms with Crippen molar-refractivity contribution in [3.63, 3.8) is 0 Å². The SMILES string of the molecule is CCOC(=O)C1=C(C)OC(N)=C(C#N)C1c1ccc(OCCOc2ccccc2OC)cc1. The Morgan fingerprint density at radius 2 is 1.76 bits per heavy atom. The molecule has 33 heavy (non-hydrogen) atoms. The Kier molecular flexibility index (Phi) is 7.82. The van der Waals surface area contributed by atoms with Crippen molar-refractivity contribution in [2.45, 2.75) is 19.8 Å². The quantitative estimate of drug-likeness (QED) is 0.453. The lowest BCUT2D eigenvalue weighted by atomic mass is 9.83. The Morgan fingerprint density at radius 3 is 2.39 bits per heavy atom. The molecule has 8 heteroatoms. The zero-order valence-corrected chi connectivity index (χ0v) is 18.8. The number of rotatable bonds is 9. The van der Waals surface area contributed by atoms with Gasteiger partial charge in [-0.05, 0) is 43.7 Å². The number of benzene rings is 2. The van der Waals surface area contributed by atoms with Crippen molar-refractivity contribution in [1.29, 1.82) is 5.26 Å². The summed E-state index contributed by atoms with van der Waals surface area (Å²) in [5.74, 6) is 0.953. The van der Waals surface area contributed by atoms with E-state index in [4.69, 9.17) is 29.4 Å². The second-order valence-electron chi connectivity index (χ2n) is 7.03. The Labute approximate surface area is 192 Å². The van der Waals surface area contributed by atoms with Crippen molar-refractivity contribution in [1.82, 2.24) is 0 Å². The predicted octanol–water partition coefficient (Wildman–Crippen LogP) is 3.80. The molecule has 0 aromatic heterocycles. The summed E-state index contributed by atoms with van der Waals surface area (Å²) in [6, 6.07) is 16.5. The van der Waals surface area contributed by atoms with Gasteiger partial charge in [-0.3, -0.25) is 0 Å². The number of nitriles is 1. The molecule has 172 valence electrons. The second kappa shape index (κ2) is 11.0. The van der Waals surface area contributed by atoms with Crippen molar-refractivity contribution in [2.24, 2.45) is 5.73 Å². The van der Waals surface area contributed by atoms with Gasteiger partial charge >= 0.3 is 5.97 Å². The lowest BCUT2D eigenvalue weighted by Gasteiger charge is -2.26. The molecule has 0 bridgehead atoms. The second-order valence-corrected chi connectivity index (χ2v) is 7.03. The summed E-state index contributed by atoms with van der Waals surface area (Å²) >= 11 is 0. The normalized spacial score (nSPS) is 15.4. The van der Waals surface area contributed by atoms with Gasteiger partial charge in [-0.15, -0.1) is 0 Å². The van der Waals surface area contributed by atoms with Crippen molar-refractivity contribution in [2.75, 3.05) is 26.9 Å². The van der Waals surface area contributed by atoms with Crippen LogP contribution in [0.15, 0.2) is 71.3 Å². The van der Waals surface area contributed by atoms with Crippen molar-refractivity contribution in [3.8, 4) is 23.3 Å². The fourth-order valence-electron chi connectivity index (χ4n) is 3.49. The molecule has 0 saturated heterocycles. The minimum absolute atomic E-state index is 0.0261. The van der Waals surface area contributed by atoms with Gasteiger partial charge in [-0.25, -0.2) is 4.79 Å². The molecule has 0 amide bonds. The van der Waals surface area contributed by atoms with E-state index in [2.05, 4.69) is 6.07 Å². The van der Waals surface area contributed by atoms with Gasteiger partial charge in [0.1, 0.15) is 36.4 Å². The minimum atomic E-state index is -0.689. The summed E-state index contributed by atoms with van der Waals surface area (Å²) < 4.78 is 27.3. The summed E-state index contributed by atoms with van der Waals surface area (Å²) in [6.07, 6.45) is 0. The number of hydrogen-bond acceptors (Lipinski definition) is 8. The van der Waals surface area contributed by atoms with Crippen LogP contribution in [0.2, 0.25) is 0 Å². The van der Waals surface area contributed by atoms with Crippen LogP contribution < -0.4 is 19.9 Å². The topological polar surface area (TPSA) is 113 Å². The van der Waals surface area contributed by atoms with E-state index in [-0.39, 0.29) is 23.6 Å². The largest absolute Gasteiger partial charge is 0.493 e. The highest BCUT2D eigenvalue weighted by molar-refractivity contribution is 5.92. The fraction of sp³-hybridized carbons (Fsp3) is 0.280. The molecule has 2 N–H and O–H groups in total. The fourth-order valence-corrected chi connectivity index (χ4v) is 3.49. The van der Waals surface area contributed by atoms with Crippen molar-refractivity contribution in [3.05, 3.63) is 76.9 Å². The van der Waals surface area contributed by atoms with E-state index in [1.165, 1.54) is 0 Å². The van der Waals surface area contributed by atoms with E-state index in [0.29, 0.717) is 41.8 Å². The first-order valence-electron chi connectivity index (χ1n) is 10.4. The first-order chi connectivity index (χ1) is 16.0. The standard InChI is InChI=1S/C25H26N2O6/c1-4-30-25(28)22-16(2)33-24(27)19(15-26)23(22)17-9-11-18(12-10-17)31-13-14-32-21-8-6-5-7-20(21)29-3/h5-12,23H,4,13-14,27H2,1-3H3. The highest BCUT2D eigenvalue weighted by Crippen LogP contribution is 2.40. The number of methoxy groups -OCH3 is 1. The summed E-state index contributed by atoms with van der Waals surface area (Å²) in [5, 5.41) is 9.65. The Balaban J connectivity index is 1.71. The Hall–Kier alpha value is -4.12. The van der Waals surface area contributed by atoms with Crippen LogP contribution >= 0.6 is 0 Å². The van der Waals surface area contributed by atoms with Crippen LogP contribution in [0.5, 0.6) is 17.2 Å². The Morgan fingerprint density at radius 1 is 1.09 bits per heavy atom. The van der Waals surface area contributed by atoms with E-state index in [1.54, 1.807) is 45.2 Å². The van der Waals surface area contributed by atoms with E-state index in [0.717, 1.165) is 0 Å². The van der Waals surface area contributed by atoms with Gasteiger partial charge in [0, 0.05) is 0 Å². The summed E-state index contributed by atoms with van der Waals surface area (Å²) in [5.41, 5.74) is 7.02. The molecule has 0 saturated carbocycles. The first-order valence-corrected chi connectivity index (χ1v) is 10.4. The molecule has 1 heterocycles. The third-order valence-electron chi connectivity index (χ3n) is 4.99. The van der Waals surface area contributed by atoms with Crippen LogP contribution in [0, 0.1) is 11.3 Å². The van der Waals surface area contributed by atoms with Crippen LogP contribution in [0.3, 0.4) is 0 Å². The number of allylic oxidation sites excluding steroid dienone is 2. The van der Waals surface area contributed by atoms with Gasteiger partial charge in [-0.2, -0.15) is 5.26 Å². The monoisotopic (exact) mass is 450 g/mol. The number of esters is 1. The maximum Gasteiger partial charge on any atom is 0.338 e. The van der Waals surface area contributed by atoms with E-state index < -0.39 is 11.9 Å². The molecule has 1 atom stereocenters. The highest BCUT2D eigenvalue weighted by atomic mass is 16.5. The predicted molar refractivity (Wildman–Crippen MR) is 120 cm³/mol. The highest BCUT2D eigenvalue weighted by Gasteiger charge is 2.36. The number of nitrogens with two attached hydrogens (primary N) is 1. The average molecular weight is 450 g/mol. The smallest absolute Gasteiger partial charge is 0.338 e. The van der Waals surface area contributed by atoms with Gasteiger partial charge in [-0.1, -0.05) is 24.3 Å². The van der Waals surface area contributed by atoms with Crippen LogP contribution in [0.1, 0.15) is 25.3 Å². The van der Waals surface area contributed by atoms with Crippen LogP contribution in [0.25, 0.3) is 0 Å². The summed E-state index contributed by atoms with van der Waals surface area (Å²) in [6.45, 7) is 4.19. The molecule has 3 rings (SSSR count). The maximum atomic E-state index is 12.6. The van der Waals surface area contributed by atoms with Gasteiger partial charge in [0.05, 0.1) is 25.2 Å². The number of hydrogen-bond donors (Lipinski definition) is 1. The Bertz CT molecular complexity index is 1100. The lowest BCUT2D eigenvalue weighted by Crippen LogP contribution is -2.25. The van der Waals surface area contributed by atoms with Gasteiger partial charge in [0.25, 0.3) is 0 Å². The van der Waals surface area contributed by atoms with Crippen molar-refractivity contribution < 1.29 is 28.5 Å². The number of nitrogens with zero attached hydrogens (tertiary/aromatic N) is 1. The van der Waals surface area contributed by atoms with Crippen molar-refractivity contribution >= 4 is 5.97 Å². The molecule has 1 aliphatic rings. The zero-order chi connectivity index (χ0) is 23.8. The summed E-state index contributed by atoms with van der Waals surface area (Å²) in [7, 11) is 1.59. The number of para-hydroxylation sites is 2.